The first-order chi connectivity index (χ1) is 15.6. The van der Waals surface area contributed by atoms with E-state index in [9.17, 15) is 4.79 Å². The Morgan fingerprint density at radius 1 is 0.938 bits per heavy atom. The van der Waals surface area contributed by atoms with E-state index in [2.05, 4.69) is 5.32 Å². The molecule has 0 aliphatic heterocycles. The van der Waals surface area contributed by atoms with Crippen LogP contribution in [0, 0.1) is 0 Å². The molecule has 0 radical (unpaired) electrons. The molecule has 3 N–H and O–H groups in total. The molecule has 0 aromatic heterocycles. The minimum atomic E-state index is -0.210. The van der Waals surface area contributed by atoms with Gasteiger partial charge in [0.05, 0.1) is 26.9 Å². The topological polar surface area (TPSA) is 92.0 Å². The molecule has 0 unspecified atom stereocenters. The number of hydrogen-bond acceptors (Lipinski definition) is 6. The van der Waals surface area contributed by atoms with E-state index in [0.29, 0.717) is 40.9 Å². The molecule has 0 saturated heterocycles. The minimum absolute atomic E-state index is 0.155. The summed E-state index contributed by atoms with van der Waals surface area (Å²) in [5.41, 5.74) is 7.11. The Morgan fingerprint density at radius 3 is 2.12 bits per heavy atom. The van der Waals surface area contributed by atoms with E-state index in [1.54, 1.807) is 6.07 Å². The average Bonchev–Trinajstić information content (AvgIpc) is 3.08. The van der Waals surface area contributed by atoms with E-state index in [0.717, 1.165) is 37.7 Å². The number of ether oxygens (including phenoxy) is 4. The number of amides is 1. The lowest BCUT2D eigenvalue weighted by Crippen LogP contribution is -2.34. The molecule has 0 heterocycles. The van der Waals surface area contributed by atoms with Crippen molar-refractivity contribution < 1.29 is 23.7 Å². The summed E-state index contributed by atoms with van der Waals surface area (Å²) in [5, 5.41) is 3.17. The van der Waals surface area contributed by atoms with Crippen LogP contribution in [0.4, 0.5) is 0 Å². The zero-order chi connectivity index (χ0) is 22.9. The molecule has 1 fully saturated rings. The Hall–Kier alpha value is -2.93. The van der Waals surface area contributed by atoms with E-state index < -0.39 is 0 Å². The smallest absolute Gasteiger partial charge is 0.255 e. The lowest BCUT2D eigenvalue weighted by atomic mass is 10.1. The first-order valence-corrected chi connectivity index (χ1v) is 11.2. The number of methoxy groups -OCH3 is 3. The Balaban J connectivity index is 1.94. The number of rotatable bonds is 9. The molecule has 7 nitrogen and oxygen atoms in total. The zero-order valence-corrected chi connectivity index (χ0v) is 19.2. The Morgan fingerprint density at radius 2 is 1.56 bits per heavy atom. The van der Waals surface area contributed by atoms with Gasteiger partial charge in [0, 0.05) is 12.1 Å². The van der Waals surface area contributed by atoms with Gasteiger partial charge in [0.25, 0.3) is 5.91 Å². The second-order valence-corrected chi connectivity index (χ2v) is 7.97. The van der Waals surface area contributed by atoms with Crippen LogP contribution in [0.5, 0.6) is 28.7 Å². The number of carbonyl (C=O) groups excluding carboxylic acids is 1. The predicted octanol–water partition coefficient (Wildman–Crippen LogP) is 4.46. The van der Waals surface area contributed by atoms with Gasteiger partial charge in [-0.2, -0.15) is 0 Å². The maximum Gasteiger partial charge on any atom is 0.255 e. The van der Waals surface area contributed by atoms with E-state index in [1.807, 2.05) is 24.3 Å². The van der Waals surface area contributed by atoms with Gasteiger partial charge in [0.2, 0.25) is 11.5 Å². The maximum atomic E-state index is 13.2. The molecule has 1 aliphatic rings. The van der Waals surface area contributed by atoms with Crippen molar-refractivity contribution in [3.8, 4) is 28.7 Å². The molecule has 1 aliphatic carbocycles. The third-order valence-electron chi connectivity index (χ3n) is 5.79. The molecule has 0 spiro atoms. The molecule has 3 rings (SSSR count). The summed E-state index contributed by atoms with van der Waals surface area (Å²) in [4.78, 5) is 13.2. The Bertz CT molecular complexity index is 890. The van der Waals surface area contributed by atoms with Gasteiger partial charge < -0.3 is 30.0 Å². The second-order valence-electron chi connectivity index (χ2n) is 7.97. The van der Waals surface area contributed by atoms with Crippen molar-refractivity contribution in [1.29, 1.82) is 0 Å². The normalized spacial score (nSPS) is 14.4. The van der Waals surface area contributed by atoms with Gasteiger partial charge in [-0.1, -0.05) is 37.8 Å². The number of benzene rings is 2. The van der Waals surface area contributed by atoms with Crippen LogP contribution in [0.1, 0.15) is 54.4 Å². The molecule has 0 bridgehead atoms. The van der Waals surface area contributed by atoms with Crippen LogP contribution in [0.25, 0.3) is 0 Å². The summed E-state index contributed by atoms with van der Waals surface area (Å²) in [7, 11) is 4.55. The van der Waals surface area contributed by atoms with Gasteiger partial charge in [-0.15, -0.1) is 0 Å². The first kappa shape index (κ1) is 23.7. The lowest BCUT2D eigenvalue weighted by Gasteiger charge is -2.21. The molecule has 1 amide bonds. The minimum Gasteiger partial charge on any atom is -0.492 e. The molecule has 0 atom stereocenters. The van der Waals surface area contributed by atoms with E-state index >= 15 is 0 Å². The highest BCUT2D eigenvalue weighted by atomic mass is 16.5. The van der Waals surface area contributed by atoms with Crippen molar-refractivity contribution >= 4 is 5.91 Å². The molecule has 2 aromatic rings. The summed E-state index contributed by atoms with van der Waals surface area (Å²) in [6.07, 6.45) is 7.46. The van der Waals surface area contributed by atoms with Crippen molar-refractivity contribution in [3.63, 3.8) is 0 Å². The van der Waals surface area contributed by atoms with Crippen LogP contribution in [-0.2, 0) is 6.42 Å². The standard InChI is InChI=1S/C25H34N2O5/c1-29-22-20(25(28)27-18-8-6-4-5-7-9-18)16-21(23(30-2)24(22)31-3)32-19-12-10-17(11-13-19)14-15-26/h10-13,16,18H,4-9,14-15,26H2,1-3H3,(H,27,28). The van der Waals surface area contributed by atoms with Crippen LogP contribution < -0.4 is 30.0 Å². The number of nitrogens with one attached hydrogen (secondary N) is 1. The zero-order valence-electron chi connectivity index (χ0n) is 19.2. The predicted molar refractivity (Wildman–Crippen MR) is 124 cm³/mol. The van der Waals surface area contributed by atoms with E-state index in [4.69, 9.17) is 24.7 Å². The van der Waals surface area contributed by atoms with Crippen molar-refractivity contribution in [3.05, 3.63) is 41.5 Å². The number of carbonyl (C=O) groups is 1. The summed E-state index contributed by atoms with van der Waals surface area (Å²) in [6, 6.07) is 9.48. The molecular formula is C25H34N2O5. The van der Waals surface area contributed by atoms with Crippen LogP contribution in [-0.4, -0.2) is 39.8 Å². The van der Waals surface area contributed by atoms with Gasteiger partial charge in [0.15, 0.2) is 11.5 Å². The van der Waals surface area contributed by atoms with E-state index in [-0.39, 0.29) is 11.9 Å². The largest absolute Gasteiger partial charge is 0.492 e. The third kappa shape index (κ3) is 5.65. The third-order valence-corrected chi connectivity index (χ3v) is 5.79. The average molecular weight is 443 g/mol. The highest BCUT2D eigenvalue weighted by Crippen LogP contribution is 2.48. The van der Waals surface area contributed by atoms with Crippen molar-refractivity contribution in [2.24, 2.45) is 5.73 Å². The SMILES string of the molecule is COc1c(Oc2ccc(CCN)cc2)cc(C(=O)NC2CCCCCC2)c(OC)c1OC. The van der Waals surface area contributed by atoms with Gasteiger partial charge >= 0.3 is 0 Å². The number of nitrogens with two attached hydrogens (primary N) is 1. The highest BCUT2D eigenvalue weighted by molar-refractivity contribution is 5.99. The fourth-order valence-electron chi connectivity index (χ4n) is 4.13. The first-order valence-electron chi connectivity index (χ1n) is 11.2. The summed E-state index contributed by atoms with van der Waals surface area (Å²) < 4.78 is 22.8. The van der Waals surface area contributed by atoms with Gasteiger partial charge in [-0.25, -0.2) is 0 Å². The van der Waals surface area contributed by atoms with E-state index in [1.165, 1.54) is 34.2 Å². The van der Waals surface area contributed by atoms with Gasteiger partial charge in [-0.05, 0) is 43.5 Å². The van der Waals surface area contributed by atoms with Crippen LogP contribution in [0.2, 0.25) is 0 Å². The molecular weight excluding hydrogens is 408 g/mol. The van der Waals surface area contributed by atoms with Crippen molar-refractivity contribution in [1.82, 2.24) is 5.32 Å². The van der Waals surface area contributed by atoms with Crippen LogP contribution in [0.3, 0.4) is 0 Å². The monoisotopic (exact) mass is 442 g/mol. The van der Waals surface area contributed by atoms with Crippen molar-refractivity contribution in [2.45, 2.75) is 51.0 Å². The van der Waals surface area contributed by atoms with Crippen LogP contribution in [0.15, 0.2) is 30.3 Å². The second kappa shape index (κ2) is 11.6. The maximum absolute atomic E-state index is 13.2. The molecule has 174 valence electrons. The lowest BCUT2D eigenvalue weighted by molar-refractivity contribution is 0.0929. The quantitative estimate of drug-likeness (QED) is 0.557. The fourth-order valence-corrected chi connectivity index (χ4v) is 4.13. The molecule has 1 saturated carbocycles. The van der Waals surface area contributed by atoms with Gasteiger partial charge in [0.1, 0.15) is 5.75 Å². The Kier molecular flexibility index (Phi) is 8.62. The van der Waals surface area contributed by atoms with Gasteiger partial charge in [-0.3, -0.25) is 4.79 Å². The molecule has 7 heteroatoms. The van der Waals surface area contributed by atoms with Crippen molar-refractivity contribution in [2.75, 3.05) is 27.9 Å². The Labute approximate surface area is 190 Å². The summed E-state index contributed by atoms with van der Waals surface area (Å²) in [6.45, 7) is 0.586. The summed E-state index contributed by atoms with van der Waals surface area (Å²) in [5.74, 6) is 1.78. The molecule has 32 heavy (non-hydrogen) atoms. The fraction of sp³-hybridized carbons (Fsp3) is 0.480. The van der Waals surface area contributed by atoms with Crippen LogP contribution >= 0.6 is 0 Å². The highest BCUT2D eigenvalue weighted by Gasteiger charge is 2.27. The number of hydrogen-bond donors (Lipinski definition) is 2. The molecule has 2 aromatic carbocycles. The summed E-state index contributed by atoms with van der Waals surface area (Å²) >= 11 is 0.